The number of carbonyl (C=O) groups excluding carboxylic acids is 1. The Morgan fingerprint density at radius 3 is 2.54 bits per heavy atom. The smallest absolute Gasteiger partial charge is 0.241 e. The zero-order chi connectivity index (χ0) is 17.2. The zero-order valence-corrected chi connectivity index (χ0v) is 15.8. The maximum Gasteiger partial charge on any atom is 0.241 e. The second-order valence-electron chi connectivity index (χ2n) is 6.28. The molecule has 0 saturated heterocycles. The minimum absolute atomic E-state index is 0. The van der Waals surface area contributed by atoms with E-state index in [2.05, 4.69) is 10.0 Å². The SMILES string of the molecule is CCC(C)C(N)C(=O)Nc1ccc(C)c(S(=O)(=O)NC2CC2)c1.Cl. The zero-order valence-electron chi connectivity index (χ0n) is 14.2. The van der Waals surface area contributed by atoms with E-state index in [9.17, 15) is 13.2 Å². The van der Waals surface area contributed by atoms with Crippen molar-refractivity contribution in [1.82, 2.24) is 4.72 Å². The minimum Gasteiger partial charge on any atom is -0.325 e. The predicted octanol–water partition coefficient (Wildman–Crippen LogP) is 2.17. The van der Waals surface area contributed by atoms with E-state index in [1.54, 1.807) is 19.1 Å². The molecule has 2 rings (SSSR count). The van der Waals surface area contributed by atoms with E-state index in [1.165, 1.54) is 6.07 Å². The highest BCUT2D eigenvalue weighted by Crippen LogP contribution is 2.25. The van der Waals surface area contributed by atoms with Crippen molar-refractivity contribution in [2.45, 2.75) is 57.0 Å². The summed E-state index contributed by atoms with van der Waals surface area (Å²) in [7, 11) is -3.56. The molecule has 0 radical (unpaired) electrons. The Balaban J connectivity index is 0.00000288. The summed E-state index contributed by atoms with van der Waals surface area (Å²) in [5.74, 6) is -0.248. The first kappa shape index (κ1) is 20.9. The molecular weight excluding hydrogens is 350 g/mol. The molecule has 0 aliphatic heterocycles. The third-order valence-electron chi connectivity index (χ3n) is 4.20. The van der Waals surface area contributed by atoms with Crippen LogP contribution in [0, 0.1) is 12.8 Å². The van der Waals surface area contributed by atoms with Gasteiger partial charge in [0.25, 0.3) is 0 Å². The second-order valence-corrected chi connectivity index (χ2v) is 7.96. The van der Waals surface area contributed by atoms with E-state index in [0.717, 1.165) is 19.3 Å². The van der Waals surface area contributed by atoms with E-state index in [4.69, 9.17) is 5.73 Å². The summed E-state index contributed by atoms with van der Waals surface area (Å²) in [5, 5.41) is 2.71. The van der Waals surface area contributed by atoms with Crippen molar-refractivity contribution >= 4 is 34.0 Å². The van der Waals surface area contributed by atoms with Crippen LogP contribution in [0.1, 0.15) is 38.7 Å². The van der Waals surface area contributed by atoms with Crippen LogP contribution in [0.2, 0.25) is 0 Å². The van der Waals surface area contributed by atoms with E-state index in [0.29, 0.717) is 11.3 Å². The van der Waals surface area contributed by atoms with E-state index in [-0.39, 0.29) is 35.2 Å². The monoisotopic (exact) mass is 375 g/mol. The van der Waals surface area contributed by atoms with Gasteiger partial charge >= 0.3 is 0 Å². The number of nitrogens with one attached hydrogen (secondary N) is 2. The van der Waals surface area contributed by atoms with Crippen molar-refractivity contribution in [3.05, 3.63) is 23.8 Å². The van der Waals surface area contributed by atoms with Crippen molar-refractivity contribution in [3.8, 4) is 0 Å². The lowest BCUT2D eigenvalue weighted by Gasteiger charge is -2.18. The highest BCUT2D eigenvalue weighted by atomic mass is 35.5. The summed E-state index contributed by atoms with van der Waals surface area (Å²) >= 11 is 0. The number of halogens is 1. The Morgan fingerprint density at radius 1 is 1.38 bits per heavy atom. The van der Waals surface area contributed by atoms with Gasteiger partial charge in [-0.25, -0.2) is 13.1 Å². The topological polar surface area (TPSA) is 101 Å². The Hall–Kier alpha value is -1.15. The highest BCUT2D eigenvalue weighted by molar-refractivity contribution is 7.89. The van der Waals surface area contributed by atoms with Gasteiger partial charge in [0.15, 0.2) is 0 Å². The van der Waals surface area contributed by atoms with Crippen LogP contribution in [-0.4, -0.2) is 26.4 Å². The summed E-state index contributed by atoms with van der Waals surface area (Å²) in [6, 6.07) is 4.28. The molecule has 8 heteroatoms. The molecule has 24 heavy (non-hydrogen) atoms. The first-order valence-electron chi connectivity index (χ1n) is 7.94. The standard InChI is InChI=1S/C16H25N3O3S.ClH/c1-4-10(2)15(17)16(20)18-13-6-5-11(3)14(9-13)23(21,22)19-12-7-8-12;/h5-6,9-10,12,15,19H,4,7-8,17H2,1-3H3,(H,18,20);1H. The molecule has 2 atom stereocenters. The maximum absolute atomic E-state index is 12.4. The molecule has 1 aromatic carbocycles. The lowest BCUT2D eigenvalue weighted by atomic mass is 9.99. The van der Waals surface area contributed by atoms with Crippen molar-refractivity contribution in [2.75, 3.05) is 5.32 Å². The number of amides is 1. The first-order valence-corrected chi connectivity index (χ1v) is 9.42. The van der Waals surface area contributed by atoms with Gasteiger partial charge in [0.1, 0.15) is 0 Å². The number of nitrogens with two attached hydrogens (primary N) is 1. The molecule has 1 fully saturated rings. The summed E-state index contributed by atoms with van der Waals surface area (Å²) in [5.41, 5.74) is 6.99. The molecule has 0 heterocycles. The van der Waals surface area contributed by atoms with Crippen molar-refractivity contribution in [3.63, 3.8) is 0 Å². The second kappa shape index (κ2) is 8.29. The number of anilines is 1. The average molecular weight is 376 g/mol. The lowest BCUT2D eigenvalue weighted by Crippen LogP contribution is -2.40. The number of hydrogen-bond donors (Lipinski definition) is 3. The van der Waals surface area contributed by atoms with Gasteiger partial charge in [-0.05, 0) is 43.4 Å². The molecule has 6 nitrogen and oxygen atoms in total. The summed E-state index contributed by atoms with van der Waals surface area (Å²) in [4.78, 5) is 12.3. The summed E-state index contributed by atoms with van der Waals surface area (Å²) in [6.07, 6.45) is 2.55. The van der Waals surface area contributed by atoms with Crippen LogP contribution < -0.4 is 15.8 Å². The normalized spacial score (nSPS) is 16.8. The quantitative estimate of drug-likeness (QED) is 0.679. The minimum atomic E-state index is -3.56. The maximum atomic E-state index is 12.4. The Bertz CT molecular complexity index is 690. The fourth-order valence-corrected chi connectivity index (χ4v) is 3.76. The van der Waals surface area contributed by atoms with E-state index in [1.807, 2.05) is 13.8 Å². The molecule has 0 spiro atoms. The van der Waals surface area contributed by atoms with Crippen LogP contribution in [0.5, 0.6) is 0 Å². The predicted molar refractivity (Wildman–Crippen MR) is 97.8 cm³/mol. The lowest BCUT2D eigenvalue weighted by molar-refractivity contribution is -0.118. The molecule has 0 aromatic heterocycles. The largest absolute Gasteiger partial charge is 0.325 e. The van der Waals surface area contributed by atoms with Crippen molar-refractivity contribution < 1.29 is 13.2 Å². The molecule has 0 bridgehead atoms. The summed E-state index contributed by atoms with van der Waals surface area (Å²) < 4.78 is 27.4. The molecule has 4 N–H and O–H groups in total. The van der Waals surface area contributed by atoms with E-state index < -0.39 is 16.1 Å². The fourth-order valence-electron chi connectivity index (χ4n) is 2.19. The Labute approximate surface area is 150 Å². The van der Waals surface area contributed by atoms with E-state index >= 15 is 0 Å². The van der Waals surface area contributed by atoms with Crippen LogP contribution in [0.25, 0.3) is 0 Å². The van der Waals surface area contributed by atoms with Gasteiger partial charge in [-0.3, -0.25) is 4.79 Å². The van der Waals surface area contributed by atoms with Gasteiger partial charge in [-0.15, -0.1) is 12.4 Å². The third kappa shape index (κ3) is 5.17. The first-order chi connectivity index (χ1) is 10.7. The Kier molecular flexibility index (Phi) is 7.22. The van der Waals surface area contributed by atoms with Crippen molar-refractivity contribution in [2.24, 2.45) is 11.7 Å². The molecule has 1 aliphatic carbocycles. The van der Waals surface area contributed by atoms with Crippen LogP contribution in [0.4, 0.5) is 5.69 Å². The molecule has 1 saturated carbocycles. The number of benzene rings is 1. The average Bonchev–Trinajstić information content (AvgIpc) is 3.30. The van der Waals surface area contributed by atoms with Gasteiger partial charge < -0.3 is 11.1 Å². The third-order valence-corrected chi connectivity index (χ3v) is 5.87. The molecule has 1 aromatic rings. The molecule has 136 valence electrons. The molecule has 1 amide bonds. The van der Waals surface area contributed by atoms with Gasteiger partial charge in [-0.1, -0.05) is 26.3 Å². The number of aryl methyl sites for hydroxylation is 1. The Morgan fingerprint density at radius 2 is 2.00 bits per heavy atom. The number of rotatable bonds is 7. The fraction of sp³-hybridized carbons (Fsp3) is 0.562. The summed E-state index contributed by atoms with van der Waals surface area (Å²) in [6.45, 7) is 5.62. The number of sulfonamides is 1. The van der Waals surface area contributed by atoms with Crippen LogP contribution >= 0.6 is 12.4 Å². The number of hydrogen-bond acceptors (Lipinski definition) is 4. The van der Waals surface area contributed by atoms with Crippen LogP contribution in [0.15, 0.2) is 23.1 Å². The van der Waals surface area contributed by atoms with Crippen LogP contribution in [0.3, 0.4) is 0 Å². The van der Waals surface area contributed by atoms with Gasteiger partial charge in [0.2, 0.25) is 15.9 Å². The molecule has 2 unspecified atom stereocenters. The molecular formula is C16H26ClN3O3S. The number of carbonyl (C=O) groups is 1. The van der Waals surface area contributed by atoms with Gasteiger partial charge in [0.05, 0.1) is 10.9 Å². The molecule has 1 aliphatic rings. The van der Waals surface area contributed by atoms with Gasteiger partial charge in [0, 0.05) is 11.7 Å². The van der Waals surface area contributed by atoms with Crippen LogP contribution in [-0.2, 0) is 14.8 Å². The van der Waals surface area contributed by atoms with Gasteiger partial charge in [-0.2, -0.15) is 0 Å². The highest BCUT2D eigenvalue weighted by Gasteiger charge is 2.29. The van der Waals surface area contributed by atoms with Crippen molar-refractivity contribution in [1.29, 1.82) is 0 Å².